The number of nitrogens with one attached hydrogen (secondary N) is 1. The van der Waals surface area contributed by atoms with Crippen LogP contribution in [0.1, 0.15) is 17.2 Å². The SMILES string of the molecule is Cc1ccc(C(C#N)Nc2ccccc2F)cc1Cl. The van der Waals surface area contributed by atoms with Crippen molar-refractivity contribution in [2.24, 2.45) is 0 Å². The number of benzene rings is 2. The number of rotatable bonds is 3. The van der Waals surface area contributed by atoms with E-state index in [4.69, 9.17) is 11.6 Å². The van der Waals surface area contributed by atoms with Crippen molar-refractivity contribution >= 4 is 17.3 Å². The lowest BCUT2D eigenvalue weighted by molar-refractivity contribution is 0.629. The van der Waals surface area contributed by atoms with Gasteiger partial charge in [-0.25, -0.2) is 4.39 Å². The van der Waals surface area contributed by atoms with Gasteiger partial charge in [-0.2, -0.15) is 5.26 Å². The van der Waals surface area contributed by atoms with E-state index in [-0.39, 0.29) is 5.82 Å². The van der Waals surface area contributed by atoms with E-state index in [2.05, 4.69) is 11.4 Å². The summed E-state index contributed by atoms with van der Waals surface area (Å²) in [5, 5.41) is 12.7. The van der Waals surface area contributed by atoms with Gasteiger partial charge in [-0.1, -0.05) is 35.9 Å². The average molecular weight is 275 g/mol. The summed E-state index contributed by atoms with van der Waals surface area (Å²) in [7, 11) is 0. The summed E-state index contributed by atoms with van der Waals surface area (Å²) >= 11 is 6.04. The monoisotopic (exact) mass is 274 g/mol. The Bertz CT molecular complexity index is 634. The molecule has 0 saturated carbocycles. The van der Waals surface area contributed by atoms with E-state index in [0.29, 0.717) is 16.3 Å². The van der Waals surface area contributed by atoms with Crippen LogP contribution in [-0.2, 0) is 0 Å². The predicted molar refractivity (Wildman–Crippen MR) is 74.6 cm³/mol. The molecule has 0 bridgehead atoms. The zero-order valence-corrected chi connectivity index (χ0v) is 11.1. The first-order chi connectivity index (χ1) is 9.11. The van der Waals surface area contributed by atoms with Gasteiger partial charge in [-0.3, -0.25) is 0 Å². The highest BCUT2D eigenvalue weighted by Gasteiger charge is 2.13. The third kappa shape index (κ3) is 3.04. The highest BCUT2D eigenvalue weighted by molar-refractivity contribution is 6.31. The van der Waals surface area contributed by atoms with Crippen molar-refractivity contribution in [3.63, 3.8) is 0 Å². The third-order valence-electron chi connectivity index (χ3n) is 2.83. The van der Waals surface area contributed by atoms with Crippen molar-refractivity contribution in [1.29, 1.82) is 5.26 Å². The lowest BCUT2D eigenvalue weighted by atomic mass is 10.1. The molecule has 2 rings (SSSR count). The molecule has 0 heterocycles. The molecule has 1 atom stereocenters. The third-order valence-corrected chi connectivity index (χ3v) is 3.24. The van der Waals surface area contributed by atoms with Crippen LogP contribution in [0.15, 0.2) is 42.5 Å². The van der Waals surface area contributed by atoms with Gasteiger partial charge in [-0.05, 0) is 36.2 Å². The van der Waals surface area contributed by atoms with Crippen LogP contribution in [-0.4, -0.2) is 0 Å². The smallest absolute Gasteiger partial charge is 0.146 e. The van der Waals surface area contributed by atoms with Crippen LogP contribution in [0.2, 0.25) is 5.02 Å². The second-order valence-corrected chi connectivity index (χ2v) is 4.60. The average Bonchev–Trinajstić information content (AvgIpc) is 2.41. The van der Waals surface area contributed by atoms with Crippen molar-refractivity contribution in [2.45, 2.75) is 13.0 Å². The van der Waals surface area contributed by atoms with Crippen LogP contribution in [0.3, 0.4) is 0 Å². The predicted octanol–water partition coefficient (Wildman–Crippen LogP) is 4.46. The van der Waals surface area contributed by atoms with Crippen LogP contribution in [0.5, 0.6) is 0 Å². The molecule has 1 N–H and O–H groups in total. The summed E-state index contributed by atoms with van der Waals surface area (Å²) in [6.45, 7) is 1.89. The summed E-state index contributed by atoms with van der Waals surface area (Å²) in [6.07, 6.45) is 0. The highest BCUT2D eigenvalue weighted by Crippen LogP contribution is 2.25. The lowest BCUT2D eigenvalue weighted by Gasteiger charge is -2.14. The van der Waals surface area contributed by atoms with Gasteiger partial charge >= 0.3 is 0 Å². The van der Waals surface area contributed by atoms with E-state index >= 15 is 0 Å². The maximum atomic E-state index is 13.5. The molecule has 0 aliphatic rings. The normalized spacial score (nSPS) is 11.7. The maximum Gasteiger partial charge on any atom is 0.146 e. The van der Waals surface area contributed by atoms with Gasteiger partial charge in [0.2, 0.25) is 0 Å². The molecule has 1 unspecified atom stereocenters. The molecule has 19 heavy (non-hydrogen) atoms. The second kappa shape index (κ2) is 5.73. The summed E-state index contributed by atoms with van der Waals surface area (Å²) in [6, 6.07) is 13.1. The second-order valence-electron chi connectivity index (χ2n) is 4.19. The molecule has 0 aliphatic carbocycles. The summed E-state index contributed by atoms with van der Waals surface area (Å²) in [5.74, 6) is -0.388. The van der Waals surface area contributed by atoms with Gasteiger partial charge in [0.15, 0.2) is 0 Å². The zero-order chi connectivity index (χ0) is 13.8. The van der Waals surface area contributed by atoms with Crippen molar-refractivity contribution in [3.8, 4) is 6.07 Å². The molecule has 2 aromatic rings. The molecule has 2 nitrogen and oxygen atoms in total. The Kier molecular flexibility index (Phi) is 4.03. The summed E-state index contributed by atoms with van der Waals surface area (Å²) < 4.78 is 13.5. The first-order valence-corrected chi connectivity index (χ1v) is 6.16. The van der Waals surface area contributed by atoms with Crippen LogP contribution in [0, 0.1) is 24.1 Å². The molecule has 96 valence electrons. The Morgan fingerprint density at radius 2 is 2.00 bits per heavy atom. The summed E-state index contributed by atoms with van der Waals surface area (Å²) in [4.78, 5) is 0. The standard InChI is InChI=1S/C15H12ClFN2/c1-10-6-7-11(8-12(10)16)15(9-18)19-14-5-3-2-4-13(14)17/h2-8,15,19H,1H3. The summed E-state index contributed by atoms with van der Waals surface area (Å²) in [5.41, 5.74) is 1.94. The number of nitrogens with zero attached hydrogens (tertiary/aromatic N) is 1. The Labute approximate surface area is 116 Å². The van der Waals surface area contributed by atoms with Crippen LogP contribution >= 0.6 is 11.6 Å². The highest BCUT2D eigenvalue weighted by atomic mass is 35.5. The molecule has 0 spiro atoms. The fraction of sp³-hybridized carbons (Fsp3) is 0.133. The van der Waals surface area contributed by atoms with E-state index in [9.17, 15) is 9.65 Å². The molecule has 0 fully saturated rings. The van der Waals surface area contributed by atoms with Gasteiger partial charge in [0.05, 0.1) is 11.8 Å². The van der Waals surface area contributed by atoms with Gasteiger partial charge < -0.3 is 5.32 Å². The molecule has 0 aliphatic heterocycles. The number of halogens is 2. The Hall–Kier alpha value is -2.05. The minimum atomic E-state index is -0.644. The largest absolute Gasteiger partial charge is 0.364 e. The van der Waals surface area contributed by atoms with Gasteiger partial charge in [-0.15, -0.1) is 0 Å². The number of para-hydroxylation sites is 1. The Morgan fingerprint density at radius 1 is 1.26 bits per heavy atom. The number of nitriles is 1. The van der Waals surface area contributed by atoms with E-state index in [1.54, 1.807) is 24.3 Å². The zero-order valence-electron chi connectivity index (χ0n) is 10.3. The van der Waals surface area contributed by atoms with E-state index in [1.165, 1.54) is 6.07 Å². The van der Waals surface area contributed by atoms with Crippen molar-refractivity contribution < 1.29 is 4.39 Å². The number of aryl methyl sites for hydroxylation is 1. The fourth-order valence-electron chi connectivity index (χ4n) is 1.71. The topological polar surface area (TPSA) is 35.8 Å². The number of hydrogen-bond acceptors (Lipinski definition) is 2. The van der Waals surface area contributed by atoms with Crippen molar-refractivity contribution in [2.75, 3.05) is 5.32 Å². The van der Waals surface area contributed by atoms with Crippen molar-refractivity contribution in [3.05, 3.63) is 64.4 Å². The first-order valence-electron chi connectivity index (χ1n) is 5.78. The minimum absolute atomic E-state index is 0.297. The Morgan fingerprint density at radius 3 is 2.63 bits per heavy atom. The number of hydrogen-bond donors (Lipinski definition) is 1. The van der Waals surface area contributed by atoms with Gasteiger partial charge in [0.1, 0.15) is 11.9 Å². The molecule has 4 heteroatoms. The Balaban J connectivity index is 2.28. The van der Waals surface area contributed by atoms with Crippen LogP contribution in [0.25, 0.3) is 0 Å². The van der Waals surface area contributed by atoms with Crippen molar-refractivity contribution in [1.82, 2.24) is 0 Å². The minimum Gasteiger partial charge on any atom is -0.364 e. The van der Waals surface area contributed by atoms with E-state index < -0.39 is 6.04 Å². The molecule has 0 radical (unpaired) electrons. The van der Waals surface area contributed by atoms with Gasteiger partial charge in [0.25, 0.3) is 0 Å². The van der Waals surface area contributed by atoms with Gasteiger partial charge in [0, 0.05) is 5.02 Å². The maximum absolute atomic E-state index is 13.5. The number of anilines is 1. The lowest BCUT2D eigenvalue weighted by Crippen LogP contribution is -2.09. The molecular formula is C15H12ClFN2. The quantitative estimate of drug-likeness (QED) is 0.897. The molecule has 0 amide bonds. The molecule has 0 aromatic heterocycles. The fourth-order valence-corrected chi connectivity index (χ4v) is 1.90. The van der Waals surface area contributed by atoms with E-state index in [0.717, 1.165) is 5.56 Å². The van der Waals surface area contributed by atoms with Crippen LogP contribution in [0.4, 0.5) is 10.1 Å². The first kappa shape index (κ1) is 13.4. The van der Waals surface area contributed by atoms with Crippen LogP contribution < -0.4 is 5.32 Å². The van der Waals surface area contributed by atoms with E-state index in [1.807, 2.05) is 19.1 Å². The molecule has 0 saturated heterocycles. The molecule has 2 aromatic carbocycles. The molecular weight excluding hydrogens is 263 g/mol.